The van der Waals surface area contributed by atoms with Gasteiger partial charge in [0, 0.05) is 9.26 Å². The second-order valence-corrected chi connectivity index (χ2v) is 8.31. The minimum Gasteiger partial charge on any atom is -0.495 e. The summed E-state index contributed by atoms with van der Waals surface area (Å²) in [7, 11) is 1.54. The van der Waals surface area contributed by atoms with E-state index < -0.39 is 0 Å². The van der Waals surface area contributed by atoms with Crippen molar-refractivity contribution in [1.29, 1.82) is 0 Å². The van der Waals surface area contributed by atoms with Gasteiger partial charge in [-0.2, -0.15) is 0 Å². The Morgan fingerprint density at radius 3 is 2.63 bits per heavy atom. The number of benzene rings is 3. The van der Waals surface area contributed by atoms with E-state index in [-0.39, 0.29) is 11.0 Å². The van der Waals surface area contributed by atoms with Crippen molar-refractivity contribution in [1.82, 2.24) is 5.32 Å². The largest absolute Gasteiger partial charge is 0.495 e. The molecule has 138 valence electrons. The Morgan fingerprint density at radius 2 is 1.93 bits per heavy atom. The molecule has 0 unspecified atom stereocenters. The van der Waals surface area contributed by atoms with Gasteiger partial charge in [0.05, 0.1) is 17.1 Å². The van der Waals surface area contributed by atoms with E-state index in [4.69, 9.17) is 17.0 Å². The first-order chi connectivity index (χ1) is 12.9. The summed E-state index contributed by atoms with van der Waals surface area (Å²) in [4.78, 5) is 12.8. The summed E-state index contributed by atoms with van der Waals surface area (Å²) >= 11 is 11.1. The number of carbonyl (C=O) groups is 1. The highest BCUT2D eigenvalue weighted by Gasteiger charge is 2.19. The van der Waals surface area contributed by atoms with Crippen molar-refractivity contribution >= 4 is 78.2 Å². The van der Waals surface area contributed by atoms with Crippen molar-refractivity contribution in [2.24, 2.45) is 0 Å². The van der Waals surface area contributed by atoms with Gasteiger partial charge in [0.15, 0.2) is 5.11 Å². The second-order valence-electron chi connectivity index (χ2n) is 5.86. The molecule has 3 aromatic carbocycles. The maximum Gasteiger partial charge on any atom is 0.261 e. The van der Waals surface area contributed by atoms with Crippen LogP contribution >= 0.6 is 50.7 Å². The predicted molar refractivity (Wildman–Crippen MR) is 126 cm³/mol. The van der Waals surface area contributed by atoms with E-state index in [1.807, 2.05) is 49.4 Å². The van der Waals surface area contributed by atoms with Crippen LogP contribution in [0.15, 0.2) is 53.0 Å². The molecule has 2 N–H and O–H groups in total. The zero-order valence-electron chi connectivity index (χ0n) is 14.6. The smallest absolute Gasteiger partial charge is 0.261 e. The van der Waals surface area contributed by atoms with Gasteiger partial charge >= 0.3 is 0 Å². The number of halogens is 2. The highest BCUT2D eigenvalue weighted by atomic mass is 127. The van der Waals surface area contributed by atoms with Crippen molar-refractivity contribution in [2.45, 2.75) is 6.92 Å². The van der Waals surface area contributed by atoms with E-state index in [2.05, 4.69) is 49.2 Å². The maximum atomic E-state index is 12.8. The molecule has 0 atom stereocenters. The van der Waals surface area contributed by atoms with Crippen LogP contribution in [-0.2, 0) is 0 Å². The van der Waals surface area contributed by atoms with Gasteiger partial charge < -0.3 is 10.1 Å². The Labute approximate surface area is 184 Å². The molecule has 0 radical (unpaired) electrons. The summed E-state index contributed by atoms with van der Waals surface area (Å²) in [6, 6.07) is 15.5. The molecule has 0 aliphatic heterocycles. The van der Waals surface area contributed by atoms with Crippen molar-refractivity contribution in [3.63, 3.8) is 0 Å². The van der Waals surface area contributed by atoms with Gasteiger partial charge in [0.25, 0.3) is 5.91 Å². The number of nitrogens with one attached hydrogen (secondary N) is 2. The van der Waals surface area contributed by atoms with Crippen molar-refractivity contribution in [3.05, 3.63) is 67.7 Å². The molecule has 0 saturated heterocycles. The standard InChI is InChI=1S/C20H16BrIN2O2S/c1-11-9-13(22)7-8-16(11)23-20(27)24-19(25)15-10-12-5-3-4-6-14(12)17(21)18(15)26-2/h3-10H,1-2H3,(H2,23,24,25,27). The molecule has 0 bridgehead atoms. The Hall–Kier alpha value is -1.71. The first kappa shape index (κ1) is 20.0. The van der Waals surface area contributed by atoms with E-state index >= 15 is 0 Å². The average Bonchev–Trinajstić information content (AvgIpc) is 2.64. The minimum atomic E-state index is -0.334. The van der Waals surface area contributed by atoms with Crippen LogP contribution in [0.5, 0.6) is 5.75 Å². The zero-order valence-corrected chi connectivity index (χ0v) is 19.2. The Morgan fingerprint density at radius 1 is 1.19 bits per heavy atom. The number of hydrogen-bond acceptors (Lipinski definition) is 3. The highest BCUT2D eigenvalue weighted by molar-refractivity contribution is 14.1. The number of ether oxygens (including phenoxy) is 1. The molecule has 0 aromatic heterocycles. The first-order valence-electron chi connectivity index (χ1n) is 8.04. The van der Waals surface area contributed by atoms with Gasteiger partial charge in [-0.05, 0) is 98.3 Å². The monoisotopic (exact) mass is 554 g/mol. The van der Waals surface area contributed by atoms with Gasteiger partial charge in [-0.3, -0.25) is 10.1 Å². The molecule has 7 heteroatoms. The first-order valence-corrected chi connectivity index (χ1v) is 10.3. The summed E-state index contributed by atoms with van der Waals surface area (Å²) in [5.41, 5.74) is 2.31. The molecule has 0 spiro atoms. The Balaban J connectivity index is 1.86. The molecule has 0 saturated carbocycles. The average molecular weight is 555 g/mol. The SMILES string of the molecule is COc1c(C(=O)NC(=S)Nc2ccc(I)cc2C)cc2ccccc2c1Br. The predicted octanol–water partition coefficient (Wildman–Crippen LogP) is 5.65. The second kappa shape index (κ2) is 8.53. The summed E-state index contributed by atoms with van der Waals surface area (Å²) in [5.74, 6) is 0.137. The lowest BCUT2D eigenvalue weighted by Crippen LogP contribution is -2.34. The molecule has 0 fully saturated rings. The van der Waals surface area contributed by atoms with Gasteiger partial charge in [0.1, 0.15) is 5.75 Å². The number of fused-ring (bicyclic) bond motifs is 1. The van der Waals surface area contributed by atoms with Gasteiger partial charge in [-0.1, -0.05) is 24.3 Å². The minimum absolute atomic E-state index is 0.232. The number of amides is 1. The fourth-order valence-electron chi connectivity index (χ4n) is 2.74. The summed E-state index contributed by atoms with van der Waals surface area (Å²) in [6.07, 6.45) is 0. The molecule has 1 amide bonds. The highest BCUT2D eigenvalue weighted by Crippen LogP contribution is 2.36. The topological polar surface area (TPSA) is 50.4 Å². The van der Waals surface area contributed by atoms with E-state index in [0.717, 1.165) is 30.1 Å². The van der Waals surface area contributed by atoms with Crippen LogP contribution in [0.25, 0.3) is 10.8 Å². The van der Waals surface area contributed by atoms with Gasteiger partial charge in [0.2, 0.25) is 0 Å². The van der Waals surface area contributed by atoms with Crippen molar-refractivity contribution in [2.75, 3.05) is 12.4 Å². The van der Waals surface area contributed by atoms with Gasteiger partial charge in [-0.15, -0.1) is 0 Å². The molecule has 3 aromatic rings. The van der Waals surface area contributed by atoms with Crippen LogP contribution in [0, 0.1) is 10.5 Å². The Kier molecular flexibility index (Phi) is 6.33. The van der Waals surface area contributed by atoms with Gasteiger partial charge in [-0.25, -0.2) is 0 Å². The molecular formula is C20H16BrIN2O2S. The molecule has 27 heavy (non-hydrogen) atoms. The number of methoxy groups -OCH3 is 1. The number of aryl methyl sites for hydroxylation is 1. The van der Waals surface area contributed by atoms with E-state index in [9.17, 15) is 4.79 Å². The molecule has 3 rings (SSSR count). The zero-order chi connectivity index (χ0) is 19.6. The number of carbonyl (C=O) groups excluding carboxylic acids is 1. The summed E-state index contributed by atoms with van der Waals surface area (Å²) < 4.78 is 7.34. The maximum absolute atomic E-state index is 12.8. The van der Waals surface area contributed by atoms with Crippen LogP contribution < -0.4 is 15.4 Å². The van der Waals surface area contributed by atoms with Crippen LogP contribution in [-0.4, -0.2) is 18.1 Å². The van der Waals surface area contributed by atoms with E-state index in [1.54, 1.807) is 6.07 Å². The fourth-order valence-corrected chi connectivity index (χ4v) is 4.33. The number of hydrogen-bond donors (Lipinski definition) is 2. The molecular weight excluding hydrogens is 539 g/mol. The van der Waals surface area contributed by atoms with E-state index in [1.165, 1.54) is 7.11 Å². The van der Waals surface area contributed by atoms with Crippen molar-refractivity contribution in [3.8, 4) is 5.75 Å². The third-order valence-electron chi connectivity index (χ3n) is 4.05. The molecule has 4 nitrogen and oxygen atoms in total. The fraction of sp³-hybridized carbons (Fsp3) is 0.100. The lowest BCUT2D eigenvalue weighted by molar-refractivity contribution is 0.0975. The number of thiocarbonyl (C=S) groups is 1. The third kappa shape index (κ3) is 4.41. The number of anilines is 1. The Bertz CT molecular complexity index is 1060. The molecule has 0 aliphatic rings. The van der Waals surface area contributed by atoms with Crippen LogP contribution in [0.3, 0.4) is 0 Å². The van der Waals surface area contributed by atoms with Crippen LogP contribution in [0.1, 0.15) is 15.9 Å². The normalized spacial score (nSPS) is 10.5. The van der Waals surface area contributed by atoms with Crippen molar-refractivity contribution < 1.29 is 9.53 Å². The third-order valence-corrected chi connectivity index (χ3v) is 5.72. The van der Waals surface area contributed by atoms with Crippen LogP contribution in [0.2, 0.25) is 0 Å². The lowest BCUT2D eigenvalue weighted by Gasteiger charge is -2.15. The number of rotatable bonds is 3. The summed E-state index contributed by atoms with van der Waals surface area (Å²) in [6.45, 7) is 1.98. The van der Waals surface area contributed by atoms with Crippen LogP contribution in [0.4, 0.5) is 5.69 Å². The molecule has 0 aliphatic carbocycles. The summed E-state index contributed by atoms with van der Waals surface area (Å²) in [5, 5.41) is 7.94. The van der Waals surface area contributed by atoms with E-state index in [0.29, 0.717) is 11.3 Å². The molecule has 0 heterocycles. The lowest BCUT2D eigenvalue weighted by atomic mass is 10.1. The quantitative estimate of drug-likeness (QED) is 0.324.